The molecule has 3 heteroatoms. The molecule has 0 spiro atoms. The molecule has 0 saturated heterocycles. The molecular weight excluding hydrogens is 280 g/mol. The van der Waals surface area contributed by atoms with Crippen LogP contribution in [0.3, 0.4) is 0 Å². The van der Waals surface area contributed by atoms with Crippen molar-refractivity contribution in [2.75, 3.05) is 0 Å². The van der Waals surface area contributed by atoms with Crippen LogP contribution >= 0.6 is 15.3 Å². The van der Waals surface area contributed by atoms with Gasteiger partial charge in [-0.2, -0.15) is 0 Å². The number of hydrogen-bond acceptors (Lipinski definition) is 0. The molecule has 0 fully saturated rings. The van der Waals surface area contributed by atoms with E-state index in [-0.39, 0.29) is 0 Å². The first kappa shape index (κ1) is 15.9. The minimum Gasteiger partial charge on any atom is -0.129 e. The molecule has 0 radical (unpaired) electrons. The molecule has 0 saturated carbocycles. The number of halogens is 1. The Balaban J connectivity index is 5.19. The van der Waals surface area contributed by atoms with E-state index >= 15 is 0 Å². The molecule has 0 aromatic rings. The van der Waals surface area contributed by atoms with Crippen molar-refractivity contribution in [3.8, 4) is 0 Å². The molecule has 0 nitrogen and oxygen atoms in total. The van der Waals surface area contributed by atoms with Crippen molar-refractivity contribution in [2.24, 2.45) is 0 Å². The maximum Gasteiger partial charge on any atom is 0.124 e. The third-order valence-corrected chi connectivity index (χ3v) is 32.5. The molecule has 15 heavy (non-hydrogen) atoms. The summed E-state index contributed by atoms with van der Waals surface area (Å²) in [6, 6.07) is 0. The summed E-state index contributed by atoms with van der Waals surface area (Å²) in [5.74, 6) is 0. The molecular formula is C12H29BrSi2. The van der Waals surface area contributed by atoms with E-state index in [0.29, 0.717) is 0 Å². The zero-order chi connectivity index (χ0) is 12.4. The zero-order valence-electron chi connectivity index (χ0n) is 11.8. The highest BCUT2D eigenvalue weighted by molar-refractivity contribution is 9.27. The van der Waals surface area contributed by atoms with E-state index in [1.54, 1.807) is 0 Å². The van der Waals surface area contributed by atoms with Gasteiger partial charge in [0.05, 0.1) is 8.31 Å². The molecule has 0 heterocycles. The quantitative estimate of drug-likeness (QED) is 0.479. The molecule has 0 aromatic carbocycles. The first-order chi connectivity index (χ1) is 6.65. The lowest BCUT2D eigenvalue weighted by atomic mass is 10.5. The minimum atomic E-state index is -1.21. The summed E-state index contributed by atoms with van der Waals surface area (Å²) in [5, 5.41) is 0. The topological polar surface area (TPSA) is 0 Å². The summed E-state index contributed by atoms with van der Waals surface area (Å²) < 4.78 is 0. The third-order valence-electron chi connectivity index (χ3n) is 3.72. The fraction of sp³-hybridized carbons (Fsp3) is 1.00. The average molecular weight is 309 g/mol. The standard InChI is InChI=1S/C12H29BrSi2/c1-9(2)14(10(3)4)15(13,11(5)6)12(7)8/h9-12,14H,1-8H3. The fourth-order valence-corrected chi connectivity index (χ4v) is 29.9. The van der Waals surface area contributed by atoms with Crippen LogP contribution in [0.15, 0.2) is 0 Å². The first-order valence-electron chi connectivity index (χ1n) is 6.34. The first-order valence-corrected chi connectivity index (χ1v) is 13.9. The molecule has 0 atom stereocenters. The molecule has 0 bridgehead atoms. The summed E-state index contributed by atoms with van der Waals surface area (Å²) in [6.45, 7) is 19.5. The van der Waals surface area contributed by atoms with Gasteiger partial charge in [-0.3, -0.25) is 0 Å². The van der Waals surface area contributed by atoms with Crippen LogP contribution in [0.4, 0.5) is 0 Å². The molecule has 0 aliphatic heterocycles. The largest absolute Gasteiger partial charge is 0.129 e. The third kappa shape index (κ3) is 3.43. The highest BCUT2D eigenvalue weighted by atomic mass is 79.9. The van der Waals surface area contributed by atoms with Gasteiger partial charge in [0.1, 0.15) is 6.21 Å². The smallest absolute Gasteiger partial charge is 0.124 e. The van der Waals surface area contributed by atoms with Crippen LogP contribution in [0, 0.1) is 0 Å². The molecule has 0 amide bonds. The number of hydrogen-bond donors (Lipinski definition) is 0. The zero-order valence-corrected chi connectivity index (χ0v) is 15.5. The highest BCUT2D eigenvalue weighted by Crippen LogP contribution is 2.46. The maximum absolute atomic E-state index is 4.28. The summed E-state index contributed by atoms with van der Waals surface area (Å²) in [6.07, 6.45) is -1.21. The lowest BCUT2D eigenvalue weighted by Gasteiger charge is -2.44. The Kier molecular flexibility index (Phi) is 6.38. The van der Waals surface area contributed by atoms with Crippen molar-refractivity contribution in [1.29, 1.82) is 0 Å². The van der Waals surface area contributed by atoms with Crippen LogP contribution in [0.5, 0.6) is 0 Å². The Morgan fingerprint density at radius 2 is 1.00 bits per heavy atom. The summed E-state index contributed by atoms with van der Waals surface area (Å²) in [5.41, 5.74) is 3.61. The molecule has 0 N–H and O–H groups in total. The van der Waals surface area contributed by atoms with Crippen LogP contribution in [-0.2, 0) is 0 Å². The van der Waals surface area contributed by atoms with Gasteiger partial charge in [-0.1, -0.05) is 66.5 Å². The molecule has 0 aliphatic rings. The Labute approximate surface area is 107 Å². The second kappa shape index (κ2) is 6.01. The van der Waals surface area contributed by atoms with Crippen LogP contribution in [0.1, 0.15) is 55.4 Å². The van der Waals surface area contributed by atoms with E-state index in [4.69, 9.17) is 0 Å². The van der Waals surface area contributed by atoms with Gasteiger partial charge in [-0.15, -0.1) is 15.3 Å². The Bertz CT molecular complexity index is 172. The molecule has 92 valence electrons. The summed E-state index contributed by atoms with van der Waals surface area (Å²) >= 11 is 4.28. The van der Waals surface area contributed by atoms with E-state index in [1.165, 1.54) is 0 Å². The second-order valence-electron chi connectivity index (χ2n) is 6.15. The summed E-state index contributed by atoms with van der Waals surface area (Å²) in [7, 11) is -0.671. The fourth-order valence-electron chi connectivity index (χ4n) is 3.23. The minimum absolute atomic E-state index is 0.671. The van der Waals surface area contributed by atoms with E-state index in [9.17, 15) is 0 Å². The van der Waals surface area contributed by atoms with E-state index in [0.717, 1.165) is 22.2 Å². The SMILES string of the molecule is CC(C)[SiH](C(C)C)[Si](Br)(C(C)C)C(C)C. The molecule has 0 unspecified atom stereocenters. The van der Waals surface area contributed by atoms with Gasteiger partial charge in [0, 0.05) is 0 Å². The van der Waals surface area contributed by atoms with Gasteiger partial charge in [0.2, 0.25) is 0 Å². The van der Waals surface area contributed by atoms with Crippen molar-refractivity contribution in [3.05, 3.63) is 0 Å². The monoisotopic (exact) mass is 308 g/mol. The Morgan fingerprint density at radius 1 is 0.733 bits per heavy atom. The second-order valence-corrected chi connectivity index (χ2v) is 25.4. The lowest BCUT2D eigenvalue weighted by molar-refractivity contribution is 0.910. The summed E-state index contributed by atoms with van der Waals surface area (Å²) in [4.78, 5) is 0. The van der Waals surface area contributed by atoms with Gasteiger partial charge < -0.3 is 0 Å². The van der Waals surface area contributed by atoms with Gasteiger partial charge in [-0.25, -0.2) is 0 Å². The van der Waals surface area contributed by atoms with Crippen LogP contribution in [0.25, 0.3) is 0 Å². The van der Waals surface area contributed by atoms with Crippen LogP contribution in [0.2, 0.25) is 22.2 Å². The molecule has 0 rings (SSSR count). The van der Waals surface area contributed by atoms with Crippen molar-refractivity contribution >= 4 is 29.8 Å². The van der Waals surface area contributed by atoms with Gasteiger partial charge >= 0.3 is 0 Å². The van der Waals surface area contributed by atoms with Crippen molar-refractivity contribution in [3.63, 3.8) is 0 Å². The Hall–Kier alpha value is 0.914. The van der Waals surface area contributed by atoms with Gasteiger partial charge in [0.25, 0.3) is 0 Å². The van der Waals surface area contributed by atoms with Crippen molar-refractivity contribution in [1.82, 2.24) is 0 Å². The van der Waals surface area contributed by atoms with Gasteiger partial charge in [-0.05, 0) is 11.1 Å². The predicted octanol–water partition coefficient (Wildman–Crippen LogP) is 5.27. The lowest BCUT2D eigenvalue weighted by Crippen LogP contribution is -2.54. The normalized spacial score (nSPS) is 14.0. The van der Waals surface area contributed by atoms with Gasteiger partial charge in [0.15, 0.2) is 0 Å². The Morgan fingerprint density at radius 3 is 1.07 bits per heavy atom. The number of rotatable bonds is 5. The van der Waals surface area contributed by atoms with E-state index < -0.39 is 14.5 Å². The average Bonchev–Trinajstić information content (AvgIpc) is 2.01. The predicted molar refractivity (Wildman–Crippen MR) is 82.2 cm³/mol. The van der Waals surface area contributed by atoms with Crippen LogP contribution in [-0.4, -0.2) is 14.5 Å². The maximum atomic E-state index is 4.28. The van der Waals surface area contributed by atoms with E-state index in [1.807, 2.05) is 0 Å². The van der Waals surface area contributed by atoms with Crippen molar-refractivity contribution in [2.45, 2.75) is 77.6 Å². The molecule has 0 aromatic heterocycles. The van der Waals surface area contributed by atoms with Crippen molar-refractivity contribution < 1.29 is 0 Å². The van der Waals surface area contributed by atoms with E-state index in [2.05, 4.69) is 70.7 Å². The highest BCUT2D eigenvalue weighted by Gasteiger charge is 2.47. The molecule has 0 aliphatic carbocycles. The van der Waals surface area contributed by atoms with Crippen LogP contribution < -0.4 is 0 Å².